The van der Waals surface area contributed by atoms with Crippen LogP contribution in [-0.4, -0.2) is 9.97 Å². The van der Waals surface area contributed by atoms with E-state index in [2.05, 4.69) is 107 Å². The first kappa shape index (κ1) is 28.2. The van der Waals surface area contributed by atoms with Crippen molar-refractivity contribution in [3.8, 4) is 56.9 Å². The minimum absolute atomic E-state index is 0.577. The van der Waals surface area contributed by atoms with E-state index in [4.69, 9.17) is 4.42 Å². The molecule has 0 fully saturated rings. The van der Waals surface area contributed by atoms with Crippen molar-refractivity contribution >= 4 is 43.5 Å². The number of hydrogen-bond donors (Lipinski definition) is 0. The third-order valence-corrected chi connectivity index (χ3v) is 9.20. The summed E-state index contributed by atoms with van der Waals surface area (Å²) < 4.78 is 6.79. The van der Waals surface area contributed by atoms with Gasteiger partial charge in [-0.3, -0.25) is 9.97 Å². The average Bonchev–Trinajstić information content (AvgIpc) is 3.56. The maximum absolute atomic E-state index is 9.45. The molecule has 3 heterocycles. The molecule has 0 atom stereocenters. The van der Waals surface area contributed by atoms with E-state index in [9.17, 15) is 10.5 Å². The van der Waals surface area contributed by atoms with Gasteiger partial charge in [-0.25, -0.2) is 0 Å². The quantitative estimate of drug-likeness (QED) is 0.194. The molecule has 226 valence electrons. The highest BCUT2D eigenvalue weighted by Crippen LogP contribution is 2.45. The van der Waals surface area contributed by atoms with E-state index < -0.39 is 0 Å². The SMILES string of the molecule is N#Cc1ccnc(-c2cccc(-c3cc4oc5cc(-c6cccc(-c7cc(C#N)ccn7)c6)c6ccccc6c5c4c4ccccc34)c2)c1. The molecule has 6 aromatic carbocycles. The zero-order valence-electron chi connectivity index (χ0n) is 26.1. The zero-order chi connectivity index (χ0) is 32.9. The Kier molecular flexibility index (Phi) is 6.50. The van der Waals surface area contributed by atoms with Gasteiger partial charge < -0.3 is 4.42 Å². The lowest BCUT2D eigenvalue weighted by Gasteiger charge is -2.11. The molecule has 0 N–H and O–H groups in total. The average molecular weight is 625 g/mol. The summed E-state index contributed by atoms with van der Waals surface area (Å²) in [6.45, 7) is 0. The molecule has 0 bridgehead atoms. The monoisotopic (exact) mass is 624 g/mol. The number of nitrogens with zero attached hydrogens (tertiary/aromatic N) is 4. The lowest BCUT2D eigenvalue weighted by Crippen LogP contribution is -1.88. The van der Waals surface area contributed by atoms with Crippen LogP contribution in [0.5, 0.6) is 0 Å². The molecule has 5 heteroatoms. The highest BCUT2D eigenvalue weighted by Gasteiger charge is 2.19. The predicted octanol–water partition coefficient (Wildman–Crippen LogP) is 11.1. The highest BCUT2D eigenvalue weighted by atomic mass is 16.3. The van der Waals surface area contributed by atoms with Gasteiger partial charge in [0.25, 0.3) is 0 Å². The first-order chi connectivity index (χ1) is 24.2. The first-order valence-corrected chi connectivity index (χ1v) is 15.9. The van der Waals surface area contributed by atoms with Crippen molar-refractivity contribution in [1.29, 1.82) is 10.5 Å². The third kappa shape index (κ3) is 4.69. The topological polar surface area (TPSA) is 86.5 Å². The van der Waals surface area contributed by atoms with Crippen LogP contribution in [0.4, 0.5) is 0 Å². The molecule has 0 amide bonds. The molecule has 0 saturated heterocycles. The maximum atomic E-state index is 9.45. The molecule has 0 spiro atoms. The molecule has 0 radical (unpaired) electrons. The second-order valence-corrected chi connectivity index (χ2v) is 12.0. The Morgan fingerprint density at radius 3 is 1.31 bits per heavy atom. The Morgan fingerprint density at radius 1 is 0.429 bits per heavy atom. The van der Waals surface area contributed by atoms with Gasteiger partial charge >= 0.3 is 0 Å². The molecule has 0 aliphatic heterocycles. The first-order valence-electron chi connectivity index (χ1n) is 15.9. The Bertz CT molecular complexity index is 2680. The number of hydrogen-bond acceptors (Lipinski definition) is 5. The summed E-state index contributed by atoms with van der Waals surface area (Å²) in [7, 11) is 0. The van der Waals surface area contributed by atoms with Crippen LogP contribution in [0.25, 0.3) is 88.3 Å². The minimum atomic E-state index is 0.577. The van der Waals surface area contributed by atoms with Crippen LogP contribution < -0.4 is 0 Å². The summed E-state index contributed by atoms with van der Waals surface area (Å²) >= 11 is 0. The highest BCUT2D eigenvalue weighted by molar-refractivity contribution is 6.29. The van der Waals surface area contributed by atoms with E-state index in [1.165, 1.54) is 0 Å². The van der Waals surface area contributed by atoms with Crippen molar-refractivity contribution in [3.05, 3.63) is 157 Å². The number of benzene rings is 6. The van der Waals surface area contributed by atoms with Gasteiger partial charge in [0.05, 0.1) is 34.7 Å². The molecule has 3 aromatic heterocycles. The molecule has 0 aliphatic carbocycles. The largest absolute Gasteiger partial charge is 0.456 e. The summed E-state index contributed by atoms with van der Waals surface area (Å²) in [6.07, 6.45) is 3.35. The minimum Gasteiger partial charge on any atom is -0.456 e. The molecule has 9 aromatic rings. The summed E-state index contributed by atoms with van der Waals surface area (Å²) in [4.78, 5) is 9.08. The number of nitriles is 2. The van der Waals surface area contributed by atoms with Crippen molar-refractivity contribution < 1.29 is 4.42 Å². The van der Waals surface area contributed by atoms with Crippen molar-refractivity contribution in [1.82, 2.24) is 9.97 Å². The standard InChI is InChI=1S/C44H24N4O/c45-25-27-15-17-47-39(19-27)31-9-5-7-29(21-31)37-23-41-43(35-13-3-1-11-33(35)37)44-36-14-4-2-12-34(36)38(24-42(44)49-41)30-8-6-10-32(22-30)40-20-28(26-46)16-18-48-40/h1-24H. The zero-order valence-corrected chi connectivity index (χ0v) is 26.1. The van der Waals surface area contributed by atoms with Crippen LogP contribution in [0.2, 0.25) is 0 Å². The summed E-state index contributed by atoms with van der Waals surface area (Å²) in [5, 5.41) is 25.6. The van der Waals surface area contributed by atoms with Crippen LogP contribution >= 0.6 is 0 Å². The lowest BCUT2D eigenvalue weighted by atomic mass is 9.91. The van der Waals surface area contributed by atoms with E-state index >= 15 is 0 Å². The molecular weight excluding hydrogens is 601 g/mol. The molecule has 0 unspecified atom stereocenters. The van der Waals surface area contributed by atoms with Gasteiger partial charge in [-0.05, 0) is 92.3 Å². The van der Waals surface area contributed by atoms with Crippen LogP contribution in [0.1, 0.15) is 11.1 Å². The number of furan rings is 1. The smallest absolute Gasteiger partial charge is 0.136 e. The summed E-state index contributed by atoms with van der Waals surface area (Å²) in [6, 6.07) is 49.4. The van der Waals surface area contributed by atoms with Crippen molar-refractivity contribution in [2.24, 2.45) is 0 Å². The summed E-state index contributed by atoms with van der Waals surface area (Å²) in [5.41, 5.74) is 10.4. The fraction of sp³-hybridized carbons (Fsp3) is 0. The Hall–Kier alpha value is -7.08. The number of fused-ring (bicyclic) bond motifs is 7. The molecule has 5 nitrogen and oxygen atoms in total. The Morgan fingerprint density at radius 2 is 0.857 bits per heavy atom. The van der Waals surface area contributed by atoms with Gasteiger partial charge in [0.15, 0.2) is 0 Å². The van der Waals surface area contributed by atoms with Gasteiger partial charge in [-0.2, -0.15) is 10.5 Å². The Labute approximate surface area is 281 Å². The normalized spacial score (nSPS) is 11.2. The van der Waals surface area contributed by atoms with E-state index in [0.29, 0.717) is 11.1 Å². The van der Waals surface area contributed by atoms with E-state index in [-0.39, 0.29) is 0 Å². The number of aromatic nitrogens is 2. The molecular formula is C44H24N4O. The van der Waals surface area contributed by atoms with E-state index in [1.54, 1.807) is 24.5 Å². The van der Waals surface area contributed by atoms with Gasteiger partial charge in [-0.1, -0.05) is 84.9 Å². The fourth-order valence-electron chi connectivity index (χ4n) is 6.98. The number of pyridine rings is 2. The van der Waals surface area contributed by atoms with Crippen molar-refractivity contribution in [2.75, 3.05) is 0 Å². The van der Waals surface area contributed by atoms with Gasteiger partial charge in [0.2, 0.25) is 0 Å². The predicted molar refractivity (Wildman–Crippen MR) is 195 cm³/mol. The molecule has 9 rings (SSSR count). The van der Waals surface area contributed by atoms with Gasteiger partial charge in [-0.15, -0.1) is 0 Å². The van der Waals surface area contributed by atoms with Crippen LogP contribution in [0, 0.1) is 22.7 Å². The second kappa shape index (κ2) is 11.3. The second-order valence-electron chi connectivity index (χ2n) is 12.0. The van der Waals surface area contributed by atoms with E-state index in [0.717, 1.165) is 88.3 Å². The number of rotatable bonds is 4. The van der Waals surface area contributed by atoms with Gasteiger partial charge in [0, 0.05) is 34.3 Å². The summed E-state index contributed by atoms with van der Waals surface area (Å²) in [5.74, 6) is 0. The van der Waals surface area contributed by atoms with Crippen LogP contribution in [-0.2, 0) is 0 Å². The van der Waals surface area contributed by atoms with Crippen molar-refractivity contribution in [3.63, 3.8) is 0 Å². The third-order valence-electron chi connectivity index (χ3n) is 9.20. The van der Waals surface area contributed by atoms with Crippen molar-refractivity contribution in [2.45, 2.75) is 0 Å². The maximum Gasteiger partial charge on any atom is 0.136 e. The van der Waals surface area contributed by atoms with Crippen LogP contribution in [0.15, 0.2) is 150 Å². The fourth-order valence-corrected chi connectivity index (χ4v) is 6.98. The van der Waals surface area contributed by atoms with Gasteiger partial charge in [0.1, 0.15) is 11.2 Å². The lowest BCUT2D eigenvalue weighted by molar-refractivity contribution is 0.670. The Balaban J connectivity index is 1.27. The van der Waals surface area contributed by atoms with Crippen LogP contribution in [0.3, 0.4) is 0 Å². The molecule has 49 heavy (non-hydrogen) atoms. The molecule has 0 saturated carbocycles. The van der Waals surface area contributed by atoms with E-state index in [1.807, 2.05) is 36.4 Å². The molecule has 0 aliphatic rings.